The fraction of sp³-hybridized carbons (Fsp3) is 0.538. The van der Waals surface area contributed by atoms with Crippen LogP contribution in [0, 0.1) is 5.92 Å². The highest BCUT2D eigenvalue weighted by molar-refractivity contribution is 5.33. The van der Waals surface area contributed by atoms with Crippen molar-refractivity contribution in [3.8, 4) is 5.75 Å². The monoisotopic (exact) mass is 205 g/mol. The van der Waals surface area contributed by atoms with Gasteiger partial charge in [0.1, 0.15) is 5.75 Å². The highest BCUT2D eigenvalue weighted by atomic mass is 16.5. The maximum Gasteiger partial charge on any atom is 0.122 e. The van der Waals surface area contributed by atoms with Crippen molar-refractivity contribution >= 4 is 0 Å². The zero-order valence-corrected chi connectivity index (χ0v) is 9.33. The minimum atomic E-state index is 0.690. The summed E-state index contributed by atoms with van der Waals surface area (Å²) >= 11 is 0. The quantitative estimate of drug-likeness (QED) is 0.814. The van der Waals surface area contributed by atoms with Gasteiger partial charge in [0.2, 0.25) is 0 Å². The molecule has 0 amide bonds. The van der Waals surface area contributed by atoms with E-state index < -0.39 is 0 Å². The largest absolute Gasteiger partial charge is 0.493 e. The maximum absolute atomic E-state index is 5.87. The molecule has 1 aromatic carbocycles. The lowest BCUT2D eigenvalue weighted by atomic mass is 10.1. The lowest BCUT2D eigenvalue weighted by Crippen LogP contribution is -2.15. The lowest BCUT2D eigenvalue weighted by Gasteiger charge is -2.13. The molecular formula is C13H19NO. The van der Waals surface area contributed by atoms with E-state index in [2.05, 4.69) is 30.4 Å². The van der Waals surface area contributed by atoms with Crippen LogP contribution >= 0.6 is 0 Å². The molecule has 1 saturated heterocycles. The number of hydrogen-bond donors (Lipinski definition) is 1. The van der Waals surface area contributed by atoms with Gasteiger partial charge in [0, 0.05) is 12.5 Å². The third-order valence-corrected chi connectivity index (χ3v) is 2.99. The van der Waals surface area contributed by atoms with Gasteiger partial charge in [-0.3, -0.25) is 0 Å². The van der Waals surface area contributed by atoms with Crippen LogP contribution in [0.4, 0.5) is 0 Å². The van der Waals surface area contributed by atoms with Gasteiger partial charge in [-0.2, -0.15) is 0 Å². The third-order valence-electron chi connectivity index (χ3n) is 2.99. The highest BCUT2D eigenvalue weighted by Crippen LogP contribution is 2.20. The normalized spacial score (nSPS) is 20.5. The van der Waals surface area contributed by atoms with Gasteiger partial charge in [0.15, 0.2) is 0 Å². The molecule has 0 aliphatic carbocycles. The van der Waals surface area contributed by atoms with E-state index in [0.717, 1.165) is 31.9 Å². The Bertz CT molecular complexity index is 305. The third kappa shape index (κ3) is 2.72. The summed E-state index contributed by atoms with van der Waals surface area (Å²) in [6.45, 7) is 5.26. The topological polar surface area (TPSA) is 21.3 Å². The van der Waals surface area contributed by atoms with Crippen LogP contribution in [-0.4, -0.2) is 19.7 Å². The van der Waals surface area contributed by atoms with Crippen LogP contribution in [0.5, 0.6) is 5.75 Å². The Morgan fingerprint density at radius 3 is 3.00 bits per heavy atom. The zero-order chi connectivity index (χ0) is 10.5. The van der Waals surface area contributed by atoms with Crippen LogP contribution < -0.4 is 10.1 Å². The van der Waals surface area contributed by atoms with E-state index in [9.17, 15) is 0 Å². The Balaban J connectivity index is 1.91. The summed E-state index contributed by atoms with van der Waals surface area (Å²) < 4.78 is 5.87. The number of rotatable bonds is 4. The first kappa shape index (κ1) is 10.5. The second-order valence-corrected chi connectivity index (χ2v) is 4.13. The van der Waals surface area contributed by atoms with E-state index in [1.165, 1.54) is 12.0 Å². The molecule has 1 atom stereocenters. The zero-order valence-electron chi connectivity index (χ0n) is 9.33. The van der Waals surface area contributed by atoms with Gasteiger partial charge < -0.3 is 10.1 Å². The van der Waals surface area contributed by atoms with Gasteiger partial charge >= 0.3 is 0 Å². The van der Waals surface area contributed by atoms with E-state index in [4.69, 9.17) is 4.74 Å². The van der Waals surface area contributed by atoms with Crippen molar-refractivity contribution in [2.24, 2.45) is 5.92 Å². The van der Waals surface area contributed by atoms with Crippen molar-refractivity contribution in [1.29, 1.82) is 0 Å². The summed E-state index contributed by atoms with van der Waals surface area (Å²) in [5.74, 6) is 1.75. The molecule has 2 heteroatoms. The van der Waals surface area contributed by atoms with Gasteiger partial charge in [-0.25, -0.2) is 0 Å². The van der Waals surface area contributed by atoms with Crippen molar-refractivity contribution in [2.75, 3.05) is 19.7 Å². The predicted octanol–water partition coefficient (Wildman–Crippen LogP) is 2.24. The summed E-state index contributed by atoms with van der Waals surface area (Å²) in [4.78, 5) is 0. The van der Waals surface area contributed by atoms with E-state index >= 15 is 0 Å². The number of ether oxygens (including phenoxy) is 1. The van der Waals surface area contributed by atoms with Gasteiger partial charge in [-0.15, -0.1) is 0 Å². The van der Waals surface area contributed by atoms with E-state index in [0.29, 0.717) is 5.92 Å². The van der Waals surface area contributed by atoms with Crippen LogP contribution in [0.3, 0.4) is 0 Å². The van der Waals surface area contributed by atoms with Crippen LogP contribution in [0.15, 0.2) is 24.3 Å². The second-order valence-electron chi connectivity index (χ2n) is 4.13. The average molecular weight is 205 g/mol. The molecule has 0 bridgehead atoms. The van der Waals surface area contributed by atoms with Gasteiger partial charge in [0.05, 0.1) is 6.61 Å². The number of benzene rings is 1. The van der Waals surface area contributed by atoms with Crippen molar-refractivity contribution < 1.29 is 4.74 Å². The maximum atomic E-state index is 5.87. The average Bonchev–Trinajstić information content (AvgIpc) is 2.79. The molecule has 0 saturated carbocycles. The minimum absolute atomic E-state index is 0.690. The Labute approximate surface area is 91.6 Å². The van der Waals surface area contributed by atoms with Gasteiger partial charge in [-0.1, -0.05) is 25.1 Å². The molecular weight excluding hydrogens is 186 g/mol. The second kappa shape index (κ2) is 5.17. The van der Waals surface area contributed by atoms with Gasteiger partial charge in [0.25, 0.3) is 0 Å². The molecule has 0 radical (unpaired) electrons. The molecule has 2 nitrogen and oxygen atoms in total. The molecule has 1 aromatic rings. The molecule has 1 fully saturated rings. The molecule has 15 heavy (non-hydrogen) atoms. The molecule has 1 heterocycles. The number of nitrogens with one attached hydrogen (secondary N) is 1. The summed E-state index contributed by atoms with van der Waals surface area (Å²) in [5, 5.41) is 3.36. The minimum Gasteiger partial charge on any atom is -0.493 e. The van der Waals surface area contributed by atoms with Crippen molar-refractivity contribution in [1.82, 2.24) is 5.32 Å². The van der Waals surface area contributed by atoms with Crippen LogP contribution in [-0.2, 0) is 6.42 Å². The number of aryl methyl sites for hydroxylation is 1. The predicted molar refractivity (Wildman–Crippen MR) is 62.3 cm³/mol. The Hall–Kier alpha value is -1.02. The van der Waals surface area contributed by atoms with Crippen LogP contribution in [0.25, 0.3) is 0 Å². The van der Waals surface area contributed by atoms with E-state index in [1.54, 1.807) is 0 Å². The Morgan fingerprint density at radius 2 is 2.27 bits per heavy atom. The molecule has 1 N–H and O–H groups in total. The molecule has 0 unspecified atom stereocenters. The van der Waals surface area contributed by atoms with Crippen molar-refractivity contribution in [3.63, 3.8) is 0 Å². The van der Waals surface area contributed by atoms with E-state index in [1.807, 2.05) is 6.07 Å². The summed E-state index contributed by atoms with van der Waals surface area (Å²) in [5.41, 5.74) is 1.31. The first-order valence-corrected chi connectivity index (χ1v) is 5.81. The summed E-state index contributed by atoms with van der Waals surface area (Å²) in [6.07, 6.45) is 2.29. The Kier molecular flexibility index (Phi) is 3.62. The standard InChI is InChI=1S/C13H19NO/c1-2-12-5-3-4-6-13(12)15-10-11-7-8-14-9-11/h3-6,11,14H,2,7-10H2,1H3/t11-/m1/s1. The van der Waals surface area contributed by atoms with Gasteiger partial charge in [-0.05, 0) is 31.0 Å². The molecule has 2 rings (SSSR count). The SMILES string of the molecule is CCc1ccccc1OC[C@@H]1CCNC1. The summed E-state index contributed by atoms with van der Waals surface area (Å²) in [6, 6.07) is 8.33. The Morgan fingerprint density at radius 1 is 1.40 bits per heavy atom. The fourth-order valence-electron chi connectivity index (χ4n) is 2.00. The molecule has 1 aliphatic heterocycles. The van der Waals surface area contributed by atoms with E-state index in [-0.39, 0.29) is 0 Å². The highest BCUT2D eigenvalue weighted by Gasteiger charge is 2.15. The number of hydrogen-bond acceptors (Lipinski definition) is 2. The van der Waals surface area contributed by atoms with Crippen LogP contribution in [0.2, 0.25) is 0 Å². The molecule has 82 valence electrons. The van der Waals surface area contributed by atoms with Crippen LogP contribution in [0.1, 0.15) is 18.9 Å². The first-order chi connectivity index (χ1) is 7.40. The lowest BCUT2D eigenvalue weighted by molar-refractivity contribution is 0.258. The summed E-state index contributed by atoms with van der Waals surface area (Å²) in [7, 11) is 0. The van der Waals surface area contributed by atoms with Crippen molar-refractivity contribution in [2.45, 2.75) is 19.8 Å². The number of para-hydroxylation sites is 1. The molecule has 0 aromatic heterocycles. The first-order valence-electron chi connectivity index (χ1n) is 5.81. The molecule has 1 aliphatic rings. The molecule has 0 spiro atoms. The fourth-order valence-corrected chi connectivity index (χ4v) is 2.00. The smallest absolute Gasteiger partial charge is 0.122 e. The van der Waals surface area contributed by atoms with Crippen molar-refractivity contribution in [3.05, 3.63) is 29.8 Å².